The molecule has 0 heterocycles. The van der Waals surface area contributed by atoms with E-state index in [4.69, 9.17) is 16.3 Å². The molecule has 0 aliphatic heterocycles. The van der Waals surface area contributed by atoms with E-state index in [1.807, 2.05) is 13.8 Å². The average molecular weight is 654 g/mol. The van der Waals surface area contributed by atoms with Crippen LogP contribution < -0.4 is 14.4 Å². The van der Waals surface area contributed by atoms with E-state index in [1.165, 1.54) is 36.3 Å². The molecule has 8 nitrogen and oxygen atoms in total. The molecule has 0 aliphatic rings. The highest BCUT2D eigenvalue weighted by Crippen LogP contribution is 2.37. The zero-order valence-electron chi connectivity index (χ0n) is 24.8. The molecular formula is C31H35ClF3N3O5S. The summed E-state index contributed by atoms with van der Waals surface area (Å²) >= 11 is 6.30. The number of hydrogen-bond acceptors (Lipinski definition) is 5. The Morgan fingerprint density at radius 2 is 1.68 bits per heavy atom. The summed E-state index contributed by atoms with van der Waals surface area (Å²) in [6, 6.07) is 15.0. The molecule has 13 heteroatoms. The molecule has 0 bridgehead atoms. The molecule has 1 atom stereocenters. The van der Waals surface area contributed by atoms with Crippen molar-refractivity contribution in [3.63, 3.8) is 0 Å². The molecule has 0 radical (unpaired) electrons. The van der Waals surface area contributed by atoms with Crippen molar-refractivity contribution in [1.29, 1.82) is 0 Å². The Balaban J connectivity index is 2.15. The number of nitrogens with zero attached hydrogens (tertiary/aromatic N) is 2. The summed E-state index contributed by atoms with van der Waals surface area (Å²) in [7, 11) is -3.14. The van der Waals surface area contributed by atoms with Gasteiger partial charge in [-0.1, -0.05) is 62.7 Å². The number of hydrogen-bond donors (Lipinski definition) is 1. The van der Waals surface area contributed by atoms with Gasteiger partial charge >= 0.3 is 6.18 Å². The predicted octanol–water partition coefficient (Wildman–Crippen LogP) is 6.14. The maximum Gasteiger partial charge on any atom is 0.416 e. The number of benzene rings is 3. The van der Waals surface area contributed by atoms with Crippen LogP contribution in [0, 0.1) is 5.92 Å². The number of nitrogens with one attached hydrogen (secondary N) is 1. The highest BCUT2D eigenvalue weighted by atomic mass is 35.5. The molecular weight excluding hydrogens is 619 g/mol. The number of anilines is 1. The van der Waals surface area contributed by atoms with Crippen LogP contribution in [0.15, 0.2) is 77.7 Å². The van der Waals surface area contributed by atoms with Gasteiger partial charge in [-0.3, -0.25) is 13.9 Å². The largest absolute Gasteiger partial charge is 0.497 e. The van der Waals surface area contributed by atoms with E-state index >= 15 is 0 Å². The van der Waals surface area contributed by atoms with Crippen LogP contribution in [0.4, 0.5) is 18.9 Å². The Kier molecular flexibility index (Phi) is 11.7. The van der Waals surface area contributed by atoms with Gasteiger partial charge in [-0.25, -0.2) is 8.42 Å². The second kappa shape index (κ2) is 14.8. The summed E-state index contributed by atoms with van der Waals surface area (Å²) in [6.45, 7) is 4.81. The molecule has 0 aromatic heterocycles. The van der Waals surface area contributed by atoms with E-state index in [0.29, 0.717) is 28.2 Å². The Morgan fingerprint density at radius 1 is 1.00 bits per heavy atom. The minimum absolute atomic E-state index is 0.112. The van der Waals surface area contributed by atoms with Gasteiger partial charge in [0.05, 0.1) is 28.3 Å². The first kappa shape index (κ1) is 34.7. The van der Waals surface area contributed by atoms with Crippen LogP contribution in [0.2, 0.25) is 5.02 Å². The van der Waals surface area contributed by atoms with Gasteiger partial charge in [-0.15, -0.1) is 0 Å². The predicted molar refractivity (Wildman–Crippen MR) is 163 cm³/mol. The fourth-order valence-electron chi connectivity index (χ4n) is 4.42. The Labute approximate surface area is 260 Å². The van der Waals surface area contributed by atoms with Crippen molar-refractivity contribution in [2.45, 2.75) is 50.9 Å². The molecule has 2 amide bonds. The topological polar surface area (TPSA) is 96.0 Å². The van der Waals surface area contributed by atoms with Crippen molar-refractivity contribution in [1.82, 2.24) is 10.2 Å². The molecule has 3 aromatic rings. The molecule has 44 heavy (non-hydrogen) atoms. The minimum atomic E-state index is -4.81. The molecule has 0 spiro atoms. The van der Waals surface area contributed by atoms with Crippen molar-refractivity contribution in [2.75, 3.05) is 24.5 Å². The number of sulfonamides is 1. The number of alkyl halides is 3. The summed E-state index contributed by atoms with van der Waals surface area (Å²) in [5.41, 5.74) is -1.09. The second-order valence-electron chi connectivity index (χ2n) is 10.4. The van der Waals surface area contributed by atoms with Crippen LogP contribution in [0.25, 0.3) is 0 Å². The maximum atomic E-state index is 14.1. The third-order valence-corrected chi connectivity index (χ3v) is 8.80. The van der Waals surface area contributed by atoms with Crippen LogP contribution in [-0.2, 0) is 32.3 Å². The summed E-state index contributed by atoms with van der Waals surface area (Å²) in [4.78, 5) is 28.4. The number of halogens is 4. The molecule has 238 valence electrons. The van der Waals surface area contributed by atoms with Crippen molar-refractivity contribution >= 4 is 39.1 Å². The number of carbonyl (C=O) groups is 2. The van der Waals surface area contributed by atoms with Crippen molar-refractivity contribution < 1.29 is 35.9 Å². The van der Waals surface area contributed by atoms with E-state index in [9.17, 15) is 31.2 Å². The number of methoxy groups -OCH3 is 1. The summed E-state index contributed by atoms with van der Waals surface area (Å²) in [6.07, 6.45) is -4.64. The quantitative estimate of drug-likeness (QED) is 0.239. The lowest BCUT2D eigenvalue weighted by Gasteiger charge is -2.33. The molecule has 3 aromatic carbocycles. The third kappa shape index (κ3) is 8.66. The van der Waals surface area contributed by atoms with Crippen molar-refractivity contribution in [2.24, 2.45) is 5.92 Å². The Morgan fingerprint density at radius 3 is 2.27 bits per heavy atom. The fraction of sp³-hybridized carbons (Fsp3) is 0.355. The maximum absolute atomic E-state index is 14.1. The SMILES string of the molecule is CC[C@@H](C(=O)NCC(C)C)N(Cc1cccc(OC)c1)C(=O)CN(c1cc(C(F)(F)F)ccc1Cl)S(=O)(=O)c1ccccc1. The first-order chi connectivity index (χ1) is 20.7. The lowest BCUT2D eigenvalue weighted by Crippen LogP contribution is -2.52. The van der Waals surface area contributed by atoms with Gasteiger partial charge in [-0.2, -0.15) is 13.2 Å². The van der Waals surface area contributed by atoms with E-state index in [1.54, 1.807) is 37.3 Å². The molecule has 3 rings (SSSR count). The van der Waals surface area contributed by atoms with E-state index in [-0.39, 0.29) is 28.8 Å². The zero-order valence-corrected chi connectivity index (χ0v) is 26.3. The lowest BCUT2D eigenvalue weighted by molar-refractivity contribution is -0.140. The number of amides is 2. The molecule has 0 fully saturated rings. The van der Waals surface area contributed by atoms with Gasteiger partial charge in [0.15, 0.2) is 0 Å². The van der Waals surface area contributed by atoms with E-state index in [0.717, 1.165) is 12.1 Å². The van der Waals surface area contributed by atoms with Crippen molar-refractivity contribution in [3.8, 4) is 5.75 Å². The van der Waals surface area contributed by atoms with Gasteiger partial charge in [0.1, 0.15) is 18.3 Å². The smallest absolute Gasteiger partial charge is 0.416 e. The lowest BCUT2D eigenvalue weighted by atomic mass is 10.1. The normalized spacial score (nSPS) is 12.5. The standard InChI is InChI=1S/C31H35ClF3N3O5S/c1-5-27(30(40)36-18-21(2)3)37(19-22-10-9-11-24(16-22)43-4)29(39)20-38(44(41,42)25-12-7-6-8-13-25)28-17-23(31(33,34)35)14-15-26(28)32/h6-17,21,27H,5,18-20H2,1-4H3,(H,36,40)/t27-/m0/s1. The molecule has 0 unspecified atom stereocenters. The molecule has 0 aliphatic carbocycles. The Bertz CT molecular complexity index is 1550. The average Bonchev–Trinajstić information content (AvgIpc) is 2.98. The first-order valence-electron chi connectivity index (χ1n) is 13.8. The summed E-state index contributed by atoms with van der Waals surface area (Å²) in [5.74, 6) is -0.663. The van der Waals surface area contributed by atoms with Crippen LogP contribution in [-0.4, -0.2) is 51.4 Å². The Hall–Kier alpha value is -3.77. The number of carbonyl (C=O) groups excluding carboxylic acids is 2. The van der Waals surface area contributed by atoms with Crippen molar-refractivity contribution in [3.05, 3.63) is 88.9 Å². The third-order valence-electron chi connectivity index (χ3n) is 6.71. The number of ether oxygens (including phenoxy) is 1. The van der Waals surface area contributed by atoms with Gasteiger partial charge in [0.25, 0.3) is 10.0 Å². The van der Waals surface area contributed by atoms with E-state index < -0.39 is 51.9 Å². The summed E-state index contributed by atoms with van der Waals surface area (Å²) < 4.78 is 74.8. The zero-order chi connectivity index (χ0) is 32.7. The molecule has 0 saturated heterocycles. The van der Waals surface area contributed by atoms with Gasteiger partial charge < -0.3 is 15.0 Å². The highest BCUT2D eigenvalue weighted by molar-refractivity contribution is 7.92. The highest BCUT2D eigenvalue weighted by Gasteiger charge is 2.37. The second-order valence-corrected chi connectivity index (χ2v) is 12.7. The number of rotatable bonds is 13. The summed E-state index contributed by atoms with van der Waals surface area (Å²) in [5, 5.41) is 2.50. The van der Waals surface area contributed by atoms with E-state index in [2.05, 4.69) is 5.32 Å². The van der Waals surface area contributed by atoms with Crippen LogP contribution in [0.5, 0.6) is 5.75 Å². The van der Waals surface area contributed by atoms with Crippen LogP contribution >= 0.6 is 11.6 Å². The fourth-order valence-corrected chi connectivity index (χ4v) is 6.14. The van der Waals surface area contributed by atoms with Gasteiger partial charge in [-0.05, 0) is 60.4 Å². The molecule has 1 N–H and O–H groups in total. The van der Waals surface area contributed by atoms with Gasteiger partial charge in [0, 0.05) is 13.1 Å². The first-order valence-corrected chi connectivity index (χ1v) is 15.7. The monoisotopic (exact) mass is 653 g/mol. The molecule has 0 saturated carbocycles. The van der Waals surface area contributed by atoms with Crippen LogP contribution in [0.3, 0.4) is 0 Å². The van der Waals surface area contributed by atoms with Gasteiger partial charge in [0.2, 0.25) is 11.8 Å². The minimum Gasteiger partial charge on any atom is -0.497 e. The van der Waals surface area contributed by atoms with Crippen LogP contribution in [0.1, 0.15) is 38.3 Å².